The monoisotopic (exact) mass is 405 g/mol. The van der Waals surface area contributed by atoms with Crippen molar-refractivity contribution in [2.24, 2.45) is 0 Å². The highest BCUT2D eigenvalue weighted by molar-refractivity contribution is 5.98. The molecule has 4 aromatic rings. The van der Waals surface area contributed by atoms with Crippen LogP contribution >= 0.6 is 0 Å². The number of likely N-dealkylation sites (tertiary alicyclic amines) is 1. The number of carbonyl (C=O) groups excluding carboxylic acids is 1. The van der Waals surface area contributed by atoms with Gasteiger partial charge in [0.15, 0.2) is 11.5 Å². The van der Waals surface area contributed by atoms with Crippen LogP contribution < -0.4 is 0 Å². The molecule has 3 aromatic heterocycles. The lowest BCUT2D eigenvalue weighted by Crippen LogP contribution is -2.39. The molecule has 1 aliphatic rings. The first-order valence-corrected chi connectivity index (χ1v) is 10.2. The molecule has 5 rings (SSSR count). The van der Waals surface area contributed by atoms with Crippen LogP contribution in [0.5, 0.6) is 0 Å². The van der Waals surface area contributed by atoms with Crippen LogP contribution in [0.15, 0.2) is 41.2 Å². The number of hydrogen-bond donors (Lipinski definition) is 1. The van der Waals surface area contributed by atoms with Gasteiger partial charge in [-0.15, -0.1) is 5.10 Å². The van der Waals surface area contributed by atoms with E-state index in [9.17, 15) is 4.79 Å². The second-order valence-electron chi connectivity index (χ2n) is 8.00. The van der Waals surface area contributed by atoms with Crippen LogP contribution in [0, 0.1) is 0 Å². The zero-order valence-electron chi connectivity index (χ0n) is 16.9. The summed E-state index contributed by atoms with van der Waals surface area (Å²) in [6.07, 6.45) is 5.37. The summed E-state index contributed by atoms with van der Waals surface area (Å²) in [6.45, 7) is 5.39. The molecule has 1 N–H and O–H groups in total. The lowest BCUT2D eigenvalue weighted by molar-refractivity contribution is 0.0689. The molecule has 1 fully saturated rings. The van der Waals surface area contributed by atoms with Crippen LogP contribution in [-0.2, 0) is 0 Å². The number of nitrogens with zero attached hydrogens (tertiary/aromatic N) is 6. The zero-order chi connectivity index (χ0) is 20.7. The predicted molar refractivity (Wildman–Crippen MR) is 110 cm³/mol. The minimum atomic E-state index is 0.0721. The number of aromatic amines is 1. The number of benzene rings is 1. The molecule has 1 saturated heterocycles. The summed E-state index contributed by atoms with van der Waals surface area (Å²) in [7, 11) is 0. The van der Waals surface area contributed by atoms with Crippen molar-refractivity contribution in [1.29, 1.82) is 0 Å². The van der Waals surface area contributed by atoms with E-state index in [-0.39, 0.29) is 17.9 Å². The van der Waals surface area contributed by atoms with Crippen molar-refractivity contribution < 1.29 is 9.32 Å². The van der Waals surface area contributed by atoms with Gasteiger partial charge in [-0.05, 0) is 37.1 Å². The molecule has 4 heterocycles. The molecule has 1 aliphatic heterocycles. The summed E-state index contributed by atoms with van der Waals surface area (Å²) in [4.78, 5) is 22.4. The first-order valence-electron chi connectivity index (χ1n) is 10.2. The van der Waals surface area contributed by atoms with Crippen molar-refractivity contribution in [1.82, 2.24) is 35.0 Å². The van der Waals surface area contributed by atoms with Gasteiger partial charge in [0.2, 0.25) is 0 Å². The smallest absolute Gasteiger partial charge is 0.280 e. The number of hydrogen-bond acceptors (Lipinski definition) is 6. The quantitative estimate of drug-likeness (QED) is 0.558. The molecule has 0 saturated carbocycles. The topological polar surface area (TPSA) is 106 Å². The molecule has 0 unspecified atom stereocenters. The van der Waals surface area contributed by atoms with Gasteiger partial charge in [0, 0.05) is 41.7 Å². The number of H-pyrrole nitrogens is 1. The fraction of sp³-hybridized carbons (Fsp3) is 0.381. The molecule has 30 heavy (non-hydrogen) atoms. The Hall–Kier alpha value is -3.49. The number of aromatic nitrogens is 6. The highest BCUT2D eigenvalue weighted by Crippen LogP contribution is 2.26. The van der Waals surface area contributed by atoms with Crippen LogP contribution in [0.2, 0.25) is 0 Å². The molecule has 0 radical (unpaired) electrons. The number of fused-ring (bicyclic) bond motifs is 1. The second kappa shape index (κ2) is 7.40. The van der Waals surface area contributed by atoms with E-state index in [1.54, 1.807) is 0 Å². The SMILES string of the molecule is CC(C)c1noc(-c2cn(C3CCN(C(=O)c4ccc5[nH]ccc5c4)CC3)nn2)n1. The Balaban J connectivity index is 1.24. The Morgan fingerprint density at radius 2 is 2.07 bits per heavy atom. The fourth-order valence-electron chi connectivity index (χ4n) is 3.83. The minimum Gasteiger partial charge on any atom is -0.361 e. The number of carbonyl (C=O) groups is 1. The van der Waals surface area contributed by atoms with Crippen LogP contribution in [0.1, 0.15) is 54.8 Å². The van der Waals surface area contributed by atoms with E-state index in [0.717, 1.165) is 29.3 Å². The minimum absolute atomic E-state index is 0.0721. The van der Waals surface area contributed by atoms with Crippen LogP contribution in [-0.4, -0.2) is 54.0 Å². The van der Waals surface area contributed by atoms with E-state index in [1.807, 2.05) is 60.1 Å². The van der Waals surface area contributed by atoms with Crippen molar-refractivity contribution in [2.45, 2.75) is 38.6 Å². The molecule has 0 spiro atoms. The largest absolute Gasteiger partial charge is 0.361 e. The van der Waals surface area contributed by atoms with Gasteiger partial charge in [-0.1, -0.05) is 24.2 Å². The highest BCUT2D eigenvalue weighted by atomic mass is 16.5. The van der Waals surface area contributed by atoms with E-state index in [0.29, 0.717) is 30.5 Å². The third kappa shape index (κ3) is 3.36. The average Bonchev–Trinajstić information content (AvgIpc) is 3.52. The first kappa shape index (κ1) is 18.5. The molecule has 9 nitrogen and oxygen atoms in total. The summed E-state index contributed by atoms with van der Waals surface area (Å²) in [5.74, 6) is 1.31. The van der Waals surface area contributed by atoms with Crippen molar-refractivity contribution >= 4 is 16.8 Å². The molecule has 1 aromatic carbocycles. The third-order valence-electron chi connectivity index (χ3n) is 5.61. The lowest BCUT2D eigenvalue weighted by Gasteiger charge is -2.31. The summed E-state index contributed by atoms with van der Waals surface area (Å²) in [6, 6.07) is 7.95. The molecule has 154 valence electrons. The number of amides is 1. The summed E-state index contributed by atoms with van der Waals surface area (Å²) in [5, 5.41) is 13.5. The molecular formula is C21H23N7O2. The van der Waals surface area contributed by atoms with Gasteiger partial charge >= 0.3 is 0 Å². The Kier molecular flexibility index (Phi) is 4.57. The molecule has 1 amide bonds. The van der Waals surface area contributed by atoms with Crippen molar-refractivity contribution in [3.05, 3.63) is 48.0 Å². The summed E-state index contributed by atoms with van der Waals surface area (Å²) < 4.78 is 7.15. The van der Waals surface area contributed by atoms with Crippen molar-refractivity contribution in [2.75, 3.05) is 13.1 Å². The molecule has 0 aliphatic carbocycles. The van der Waals surface area contributed by atoms with Gasteiger partial charge in [0.1, 0.15) is 0 Å². The van der Waals surface area contributed by atoms with E-state index in [1.165, 1.54) is 0 Å². The van der Waals surface area contributed by atoms with Crippen molar-refractivity contribution in [3.63, 3.8) is 0 Å². The Labute approximate surface area is 173 Å². The Morgan fingerprint density at radius 1 is 1.23 bits per heavy atom. The predicted octanol–water partition coefficient (Wildman–Crippen LogP) is 3.41. The van der Waals surface area contributed by atoms with Gasteiger partial charge in [0.25, 0.3) is 11.8 Å². The number of piperidine rings is 1. The highest BCUT2D eigenvalue weighted by Gasteiger charge is 2.26. The first-order chi connectivity index (χ1) is 14.6. The fourth-order valence-corrected chi connectivity index (χ4v) is 3.83. The van der Waals surface area contributed by atoms with Gasteiger partial charge in [0.05, 0.1) is 12.2 Å². The van der Waals surface area contributed by atoms with Crippen LogP contribution in [0.3, 0.4) is 0 Å². The normalized spacial score (nSPS) is 15.4. The average molecular weight is 405 g/mol. The maximum atomic E-state index is 12.9. The Morgan fingerprint density at radius 3 is 2.83 bits per heavy atom. The van der Waals surface area contributed by atoms with Gasteiger partial charge < -0.3 is 14.4 Å². The van der Waals surface area contributed by atoms with E-state index >= 15 is 0 Å². The van der Waals surface area contributed by atoms with E-state index < -0.39 is 0 Å². The maximum absolute atomic E-state index is 12.9. The summed E-state index contributed by atoms with van der Waals surface area (Å²) >= 11 is 0. The Bertz CT molecular complexity index is 1180. The molecule has 9 heteroatoms. The van der Waals surface area contributed by atoms with E-state index in [4.69, 9.17) is 4.52 Å². The van der Waals surface area contributed by atoms with Crippen molar-refractivity contribution in [3.8, 4) is 11.6 Å². The van der Waals surface area contributed by atoms with Gasteiger partial charge in [-0.2, -0.15) is 4.98 Å². The summed E-state index contributed by atoms with van der Waals surface area (Å²) in [5.41, 5.74) is 2.34. The lowest BCUT2D eigenvalue weighted by atomic mass is 10.0. The third-order valence-corrected chi connectivity index (χ3v) is 5.61. The maximum Gasteiger partial charge on any atom is 0.280 e. The van der Waals surface area contributed by atoms with E-state index in [2.05, 4.69) is 25.4 Å². The van der Waals surface area contributed by atoms with Crippen LogP contribution in [0.25, 0.3) is 22.5 Å². The zero-order valence-corrected chi connectivity index (χ0v) is 16.9. The standard InChI is InChI=1S/C21H23N7O2/c1-13(2)19-23-20(30-25-19)18-12-28(26-24-18)16-6-9-27(10-7-16)21(29)15-3-4-17-14(11-15)5-8-22-17/h3-5,8,11-13,16,22H,6-7,9-10H2,1-2H3. The number of nitrogens with one attached hydrogen (secondary N) is 1. The molecule has 0 atom stereocenters. The molecular weight excluding hydrogens is 382 g/mol. The van der Waals surface area contributed by atoms with Gasteiger partial charge in [-0.25, -0.2) is 4.68 Å². The number of rotatable bonds is 4. The van der Waals surface area contributed by atoms with Crippen LogP contribution in [0.4, 0.5) is 0 Å². The van der Waals surface area contributed by atoms with Gasteiger partial charge in [-0.3, -0.25) is 4.79 Å². The second-order valence-corrected chi connectivity index (χ2v) is 8.00. The molecule has 0 bridgehead atoms.